The number of rotatable bonds is 3. The lowest BCUT2D eigenvalue weighted by Gasteiger charge is -2.07. The smallest absolute Gasteiger partial charge is 0.269 e. The van der Waals surface area contributed by atoms with Gasteiger partial charge in [0.15, 0.2) is 0 Å². The fourth-order valence-electron chi connectivity index (χ4n) is 0.840. The highest BCUT2D eigenvalue weighted by atomic mass is 31.1. The first-order valence-electron chi connectivity index (χ1n) is 3.69. The van der Waals surface area contributed by atoms with Gasteiger partial charge in [0.2, 0.25) is 0 Å². The molecule has 0 saturated carbocycles. The van der Waals surface area contributed by atoms with Crippen LogP contribution >= 0.6 is 8.15 Å². The van der Waals surface area contributed by atoms with Crippen LogP contribution in [0.25, 0.3) is 0 Å². The zero-order valence-electron chi connectivity index (χ0n) is 7.43. The summed E-state index contributed by atoms with van der Waals surface area (Å²) >= 11 is 0. The molecule has 0 heterocycles. The number of hydrogen-bond donors (Lipinski definition) is 0. The molecule has 0 atom stereocenters. The van der Waals surface area contributed by atoms with Crippen molar-refractivity contribution in [3.63, 3.8) is 0 Å². The van der Waals surface area contributed by atoms with Gasteiger partial charge in [-0.25, -0.2) is 0 Å². The first kappa shape index (κ1) is 9.93. The molecule has 0 aromatic heterocycles. The highest BCUT2D eigenvalue weighted by molar-refractivity contribution is 7.51. The van der Waals surface area contributed by atoms with Crippen LogP contribution in [0, 0.1) is 10.1 Å². The number of benzene rings is 1. The molecule has 4 nitrogen and oxygen atoms in total. The summed E-state index contributed by atoms with van der Waals surface area (Å²) in [4.78, 5) is 9.88. The maximum atomic E-state index is 10.3. The summed E-state index contributed by atoms with van der Waals surface area (Å²) < 4.78 is 5.39. The second-order valence-electron chi connectivity index (χ2n) is 2.65. The third-order valence-corrected chi connectivity index (χ3v) is 1.91. The van der Waals surface area contributed by atoms with Crippen LogP contribution in [0.5, 0.6) is 5.75 Å². The molecule has 0 amide bonds. The van der Waals surface area contributed by atoms with Crippen molar-refractivity contribution < 1.29 is 9.45 Å². The summed E-state index contributed by atoms with van der Waals surface area (Å²) in [6.45, 7) is 3.94. The summed E-state index contributed by atoms with van der Waals surface area (Å²) in [7, 11) is -0.472. The second kappa shape index (κ2) is 4.19. The van der Waals surface area contributed by atoms with Crippen LogP contribution < -0.4 is 4.52 Å². The average molecular weight is 199 g/mol. The van der Waals surface area contributed by atoms with E-state index in [4.69, 9.17) is 4.52 Å². The largest absolute Gasteiger partial charge is 0.475 e. The van der Waals surface area contributed by atoms with Crippen LogP contribution in [-0.2, 0) is 0 Å². The van der Waals surface area contributed by atoms with Crippen molar-refractivity contribution in [1.82, 2.24) is 0 Å². The van der Waals surface area contributed by atoms with Gasteiger partial charge in [0.05, 0.1) is 13.1 Å². The molecular weight excluding hydrogens is 189 g/mol. The van der Waals surface area contributed by atoms with Crippen LogP contribution in [0.3, 0.4) is 0 Å². The van der Waals surface area contributed by atoms with Crippen molar-refractivity contribution in [3.8, 4) is 5.75 Å². The van der Waals surface area contributed by atoms with Crippen molar-refractivity contribution in [2.75, 3.05) is 13.3 Å². The number of nitro groups is 1. The average Bonchev–Trinajstić information content (AvgIpc) is 2.04. The minimum Gasteiger partial charge on any atom is -0.475 e. The fourth-order valence-corrected chi connectivity index (χ4v) is 1.38. The Hall–Kier alpha value is -1.15. The van der Waals surface area contributed by atoms with Gasteiger partial charge in [0.25, 0.3) is 5.69 Å². The van der Waals surface area contributed by atoms with E-state index in [1.165, 1.54) is 12.1 Å². The molecule has 0 spiro atoms. The molecule has 0 saturated heterocycles. The summed E-state index contributed by atoms with van der Waals surface area (Å²) in [6, 6.07) is 6.10. The normalized spacial score (nSPS) is 10.1. The summed E-state index contributed by atoms with van der Waals surface area (Å²) in [5.74, 6) is 0.682. The van der Waals surface area contributed by atoms with Gasteiger partial charge in [-0.15, -0.1) is 0 Å². The monoisotopic (exact) mass is 199 g/mol. The van der Waals surface area contributed by atoms with Gasteiger partial charge in [-0.3, -0.25) is 10.1 Å². The first-order valence-corrected chi connectivity index (χ1v) is 5.85. The molecule has 0 bridgehead atoms. The molecule has 0 aliphatic heterocycles. The highest BCUT2D eigenvalue weighted by Crippen LogP contribution is 2.30. The van der Waals surface area contributed by atoms with Crippen molar-refractivity contribution in [2.24, 2.45) is 0 Å². The number of hydrogen-bond acceptors (Lipinski definition) is 3. The number of non-ortho nitro benzene ring substituents is 1. The molecule has 70 valence electrons. The van der Waals surface area contributed by atoms with Crippen molar-refractivity contribution >= 4 is 13.8 Å². The van der Waals surface area contributed by atoms with Gasteiger partial charge >= 0.3 is 0 Å². The third kappa shape index (κ3) is 2.99. The molecule has 1 aromatic carbocycles. The maximum absolute atomic E-state index is 10.3. The van der Waals surface area contributed by atoms with E-state index in [0.29, 0.717) is 5.75 Å². The third-order valence-electron chi connectivity index (χ3n) is 1.34. The fraction of sp³-hybridized carbons (Fsp3) is 0.250. The molecule has 0 aliphatic rings. The first-order chi connectivity index (χ1) is 6.09. The number of nitro benzene ring substituents is 1. The molecule has 0 N–H and O–H groups in total. The Morgan fingerprint density at radius 1 is 1.31 bits per heavy atom. The zero-order valence-corrected chi connectivity index (χ0v) is 8.32. The van der Waals surface area contributed by atoms with Crippen molar-refractivity contribution in [3.05, 3.63) is 34.4 Å². The molecule has 0 radical (unpaired) electrons. The topological polar surface area (TPSA) is 52.4 Å². The lowest BCUT2D eigenvalue weighted by atomic mass is 10.3. The van der Waals surface area contributed by atoms with E-state index in [-0.39, 0.29) is 5.69 Å². The van der Waals surface area contributed by atoms with Crippen LogP contribution in [0.15, 0.2) is 24.3 Å². The Kier molecular flexibility index (Phi) is 3.20. The number of nitrogens with zero attached hydrogens (tertiary/aromatic N) is 1. The molecule has 13 heavy (non-hydrogen) atoms. The van der Waals surface area contributed by atoms with E-state index >= 15 is 0 Å². The van der Waals surface area contributed by atoms with Crippen LogP contribution in [0.4, 0.5) is 5.69 Å². The minimum atomic E-state index is -0.472. The van der Waals surface area contributed by atoms with E-state index in [1.807, 2.05) is 13.3 Å². The SMILES string of the molecule is CP(C)Oc1ccc([N+](=O)[O-])cc1. The van der Waals surface area contributed by atoms with Crippen molar-refractivity contribution in [2.45, 2.75) is 0 Å². The standard InChI is InChI=1S/C8H10NO3P/c1-13(2)12-8-5-3-7(4-6-8)9(10)11/h3-6H,1-2H3. The van der Waals surface area contributed by atoms with Gasteiger partial charge in [0, 0.05) is 12.1 Å². The zero-order chi connectivity index (χ0) is 9.84. The maximum Gasteiger partial charge on any atom is 0.269 e. The summed E-state index contributed by atoms with van der Waals surface area (Å²) in [6.07, 6.45) is 0. The molecule has 0 aliphatic carbocycles. The lowest BCUT2D eigenvalue weighted by molar-refractivity contribution is -0.384. The van der Waals surface area contributed by atoms with Crippen molar-refractivity contribution in [1.29, 1.82) is 0 Å². The van der Waals surface area contributed by atoms with E-state index in [0.717, 1.165) is 0 Å². The molecule has 1 aromatic rings. The summed E-state index contributed by atoms with van der Waals surface area (Å²) in [5, 5.41) is 10.3. The van der Waals surface area contributed by atoms with E-state index < -0.39 is 13.1 Å². The Bertz CT molecular complexity index is 297. The molecule has 0 unspecified atom stereocenters. The van der Waals surface area contributed by atoms with Crippen LogP contribution in [-0.4, -0.2) is 18.3 Å². The summed E-state index contributed by atoms with van der Waals surface area (Å²) in [5.41, 5.74) is 0.0869. The van der Waals surface area contributed by atoms with Crippen LogP contribution in [0.2, 0.25) is 0 Å². The quantitative estimate of drug-likeness (QED) is 0.427. The lowest BCUT2D eigenvalue weighted by Crippen LogP contribution is -1.88. The molecular formula is C8H10NO3P. The minimum absolute atomic E-state index is 0.0869. The molecule has 1 rings (SSSR count). The predicted octanol–water partition coefficient (Wildman–Crippen LogP) is 2.63. The van der Waals surface area contributed by atoms with Crippen LogP contribution in [0.1, 0.15) is 0 Å². The van der Waals surface area contributed by atoms with Gasteiger partial charge in [-0.05, 0) is 25.5 Å². The predicted molar refractivity (Wildman–Crippen MR) is 52.5 cm³/mol. The van der Waals surface area contributed by atoms with E-state index in [1.54, 1.807) is 12.1 Å². The molecule has 0 fully saturated rings. The van der Waals surface area contributed by atoms with Gasteiger partial charge in [-0.2, -0.15) is 0 Å². The Labute approximate surface area is 77.5 Å². The second-order valence-corrected chi connectivity index (χ2v) is 4.46. The Balaban J connectivity index is 2.75. The highest BCUT2D eigenvalue weighted by Gasteiger charge is 2.04. The Morgan fingerprint density at radius 2 is 1.85 bits per heavy atom. The van der Waals surface area contributed by atoms with Gasteiger partial charge in [0.1, 0.15) is 5.75 Å². The van der Waals surface area contributed by atoms with E-state index in [2.05, 4.69) is 0 Å². The molecule has 5 heteroatoms. The van der Waals surface area contributed by atoms with E-state index in [9.17, 15) is 10.1 Å². The van der Waals surface area contributed by atoms with Gasteiger partial charge < -0.3 is 4.52 Å². The Morgan fingerprint density at radius 3 is 2.23 bits per heavy atom. The van der Waals surface area contributed by atoms with Gasteiger partial charge in [-0.1, -0.05) is 0 Å².